The van der Waals surface area contributed by atoms with Crippen LogP contribution in [0.4, 0.5) is 0 Å². The van der Waals surface area contributed by atoms with Gasteiger partial charge in [0.15, 0.2) is 0 Å². The zero-order chi connectivity index (χ0) is 17.3. The minimum atomic E-state index is -0.388. The fourth-order valence-corrected chi connectivity index (χ4v) is 3.49. The average Bonchev–Trinajstić information content (AvgIpc) is 3.09. The molecule has 1 amide bonds. The molecule has 1 aromatic heterocycles. The second-order valence-electron chi connectivity index (χ2n) is 6.29. The van der Waals surface area contributed by atoms with Gasteiger partial charge in [0.05, 0.1) is 11.7 Å². The predicted octanol–water partition coefficient (Wildman–Crippen LogP) is 2.59. The molecular formula is C18H23BrClN3O2. The Bertz CT molecular complexity index is 746. The summed E-state index contributed by atoms with van der Waals surface area (Å²) in [6, 6.07) is 9.93. The molecule has 2 aromatic rings. The molecule has 1 aliphatic heterocycles. The van der Waals surface area contributed by atoms with Crippen LogP contribution in [-0.4, -0.2) is 41.3 Å². The topological polar surface area (TPSA) is 66.3 Å². The van der Waals surface area contributed by atoms with Crippen LogP contribution in [0.25, 0.3) is 5.69 Å². The maximum Gasteiger partial charge on any atom is 0.253 e. The summed E-state index contributed by atoms with van der Waals surface area (Å²) in [6.07, 6.45) is -0.388. The van der Waals surface area contributed by atoms with Gasteiger partial charge in [0, 0.05) is 47.1 Å². The highest BCUT2D eigenvalue weighted by Crippen LogP contribution is 2.22. The summed E-state index contributed by atoms with van der Waals surface area (Å²) in [6.45, 7) is 5.76. The number of benzene rings is 1. The lowest BCUT2D eigenvalue weighted by molar-refractivity contribution is 0.0926. The van der Waals surface area contributed by atoms with E-state index in [1.807, 2.05) is 44.2 Å². The van der Waals surface area contributed by atoms with Gasteiger partial charge in [-0.05, 0) is 44.2 Å². The molecule has 1 fully saturated rings. The Morgan fingerprint density at radius 2 is 2.00 bits per heavy atom. The zero-order valence-corrected chi connectivity index (χ0v) is 16.7. The van der Waals surface area contributed by atoms with E-state index in [-0.39, 0.29) is 30.3 Å². The Hall–Kier alpha value is -1.34. The van der Waals surface area contributed by atoms with E-state index in [1.54, 1.807) is 0 Å². The van der Waals surface area contributed by atoms with Gasteiger partial charge in [0.1, 0.15) is 0 Å². The van der Waals surface area contributed by atoms with E-state index >= 15 is 0 Å². The molecule has 1 aliphatic rings. The number of aromatic nitrogens is 1. The molecule has 1 saturated heterocycles. The molecule has 5 nitrogen and oxygen atoms in total. The second kappa shape index (κ2) is 8.36. The van der Waals surface area contributed by atoms with Crippen LogP contribution in [0.3, 0.4) is 0 Å². The smallest absolute Gasteiger partial charge is 0.253 e. The van der Waals surface area contributed by atoms with E-state index in [1.165, 1.54) is 0 Å². The molecule has 3 rings (SSSR count). The first-order chi connectivity index (χ1) is 11.5. The molecule has 2 unspecified atom stereocenters. The van der Waals surface area contributed by atoms with Crippen LogP contribution in [0.15, 0.2) is 34.8 Å². The van der Waals surface area contributed by atoms with Gasteiger partial charge in [-0.25, -0.2) is 0 Å². The summed E-state index contributed by atoms with van der Waals surface area (Å²) < 4.78 is 3.10. The molecule has 0 aliphatic carbocycles. The lowest BCUT2D eigenvalue weighted by Crippen LogP contribution is -2.34. The summed E-state index contributed by atoms with van der Waals surface area (Å²) >= 11 is 3.44. The van der Waals surface area contributed by atoms with Crippen molar-refractivity contribution in [3.8, 4) is 5.69 Å². The van der Waals surface area contributed by atoms with Crippen LogP contribution < -0.4 is 10.6 Å². The van der Waals surface area contributed by atoms with Gasteiger partial charge in [-0.1, -0.05) is 15.9 Å². The van der Waals surface area contributed by atoms with Crippen LogP contribution in [0.2, 0.25) is 0 Å². The molecule has 2 heterocycles. The van der Waals surface area contributed by atoms with Crippen molar-refractivity contribution in [2.45, 2.75) is 20.0 Å². The van der Waals surface area contributed by atoms with Crippen LogP contribution in [0, 0.1) is 19.8 Å². The zero-order valence-electron chi connectivity index (χ0n) is 14.3. The Morgan fingerprint density at radius 3 is 2.60 bits per heavy atom. The van der Waals surface area contributed by atoms with Crippen molar-refractivity contribution in [1.82, 2.24) is 15.2 Å². The summed E-state index contributed by atoms with van der Waals surface area (Å²) in [7, 11) is 0. The van der Waals surface area contributed by atoms with Gasteiger partial charge in [0.2, 0.25) is 0 Å². The second-order valence-corrected chi connectivity index (χ2v) is 7.21. The van der Waals surface area contributed by atoms with Gasteiger partial charge in [-0.3, -0.25) is 4.79 Å². The molecule has 0 bridgehead atoms. The molecule has 0 saturated carbocycles. The fraction of sp³-hybridized carbons (Fsp3) is 0.389. The first-order valence-electron chi connectivity index (χ1n) is 8.09. The van der Waals surface area contributed by atoms with Crippen LogP contribution in [-0.2, 0) is 0 Å². The number of nitrogens with zero attached hydrogens (tertiary/aromatic N) is 1. The van der Waals surface area contributed by atoms with E-state index < -0.39 is 0 Å². The standard InChI is InChI=1S/C18H22BrN3O2.ClH/c1-11-7-16(18(24)21-9-13-8-20-10-17(13)23)12(2)22(11)15-5-3-14(19)4-6-15;/h3-7,13,17,20,23H,8-10H2,1-2H3,(H,21,24);1H. The summed E-state index contributed by atoms with van der Waals surface area (Å²) in [5.74, 6) is -0.0190. The summed E-state index contributed by atoms with van der Waals surface area (Å²) in [4.78, 5) is 12.5. The normalized spacial score (nSPS) is 19.5. The SMILES string of the molecule is Cc1cc(C(=O)NCC2CNCC2O)c(C)n1-c1ccc(Br)cc1.Cl. The molecule has 0 radical (unpaired) electrons. The third-order valence-corrected chi connectivity index (χ3v) is 5.12. The number of carbonyl (C=O) groups excluding carboxylic acids is 1. The van der Waals surface area contributed by atoms with Crippen molar-refractivity contribution in [2.75, 3.05) is 19.6 Å². The van der Waals surface area contributed by atoms with Crippen molar-refractivity contribution in [3.05, 3.63) is 51.8 Å². The number of halogens is 2. The van der Waals surface area contributed by atoms with E-state index in [4.69, 9.17) is 0 Å². The first kappa shape index (κ1) is 20.0. The summed E-state index contributed by atoms with van der Waals surface area (Å²) in [5, 5.41) is 15.9. The van der Waals surface area contributed by atoms with Gasteiger partial charge < -0.3 is 20.3 Å². The van der Waals surface area contributed by atoms with Crippen molar-refractivity contribution in [2.24, 2.45) is 5.92 Å². The minimum Gasteiger partial charge on any atom is -0.391 e. The maximum absolute atomic E-state index is 12.5. The van der Waals surface area contributed by atoms with E-state index in [0.717, 1.165) is 28.1 Å². The Balaban J connectivity index is 0.00000225. The van der Waals surface area contributed by atoms with Crippen molar-refractivity contribution < 1.29 is 9.90 Å². The summed E-state index contributed by atoms with van der Waals surface area (Å²) in [5.41, 5.74) is 3.64. The number of aliphatic hydroxyl groups excluding tert-OH is 1. The molecular weight excluding hydrogens is 406 g/mol. The Morgan fingerprint density at radius 1 is 1.32 bits per heavy atom. The largest absolute Gasteiger partial charge is 0.391 e. The highest BCUT2D eigenvalue weighted by molar-refractivity contribution is 9.10. The third-order valence-electron chi connectivity index (χ3n) is 4.59. The Labute approximate surface area is 162 Å². The van der Waals surface area contributed by atoms with Gasteiger partial charge in [-0.15, -0.1) is 12.4 Å². The van der Waals surface area contributed by atoms with Crippen LogP contribution in [0.1, 0.15) is 21.7 Å². The highest BCUT2D eigenvalue weighted by Gasteiger charge is 2.26. The number of β-amino-alcohol motifs (C(OH)–C–C–N with tert-alkyl or cyclic N) is 1. The van der Waals surface area contributed by atoms with E-state index in [0.29, 0.717) is 18.7 Å². The van der Waals surface area contributed by atoms with Crippen LogP contribution >= 0.6 is 28.3 Å². The number of aryl methyl sites for hydroxylation is 1. The van der Waals surface area contributed by atoms with Crippen LogP contribution in [0.5, 0.6) is 0 Å². The number of carbonyl (C=O) groups is 1. The number of amides is 1. The molecule has 25 heavy (non-hydrogen) atoms. The number of hydrogen-bond donors (Lipinski definition) is 3. The predicted molar refractivity (Wildman–Crippen MR) is 105 cm³/mol. The lowest BCUT2D eigenvalue weighted by Gasteiger charge is -2.14. The molecule has 1 aromatic carbocycles. The number of hydrogen-bond acceptors (Lipinski definition) is 3. The molecule has 0 spiro atoms. The van der Waals surface area contributed by atoms with Gasteiger partial charge >= 0.3 is 0 Å². The van der Waals surface area contributed by atoms with Crippen molar-refractivity contribution in [3.63, 3.8) is 0 Å². The maximum atomic E-state index is 12.5. The lowest BCUT2D eigenvalue weighted by atomic mass is 10.1. The van der Waals surface area contributed by atoms with Crippen molar-refractivity contribution >= 4 is 34.2 Å². The average molecular weight is 429 g/mol. The van der Waals surface area contributed by atoms with Gasteiger partial charge in [-0.2, -0.15) is 0 Å². The first-order valence-corrected chi connectivity index (χ1v) is 8.88. The monoisotopic (exact) mass is 427 g/mol. The quantitative estimate of drug-likeness (QED) is 0.701. The van der Waals surface area contributed by atoms with E-state index in [2.05, 4.69) is 31.1 Å². The molecule has 136 valence electrons. The molecule has 3 N–H and O–H groups in total. The molecule has 2 atom stereocenters. The molecule has 7 heteroatoms. The van der Waals surface area contributed by atoms with Crippen molar-refractivity contribution in [1.29, 1.82) is 0 Å². The fourth-order valence-electron chi connectivity index (χ4n) is 3.23. The van der Waals surface area contributed by atoms with E-state index in [9.17, 15) is 9.90 Å². The van der Waals surface area contributed by atoms with Gasteiger partial charge in [0.25, 0.3) is 5.91 Å². The Kier molecular flexibility index (Phi) is 6.68. The number of aliphatic hydroxyl groups is 1. The third kappa shape index (κ3) is 4.26. The minimum absolute atomic E-state index is 0. The number of rotatable bonds is 4. The number of nitrogens with one attached hydrogen (secondary N) is 2. The highest BCUT2D eigenvalue weighted by atomic mass is 79.9.